The van der Waals surface area contributed by atoms with Crippen LogP contribution in [-0.2, 0) is 5.41 Å². The second kappa shape index (κ2) is 8.33. The van der Waals surface area contributed by atoms with Crippen LogP contribution in [0.3, 0.4) is 0 Å². The van der Waals surface area contributed by atoms with Gasteiger partial charge in [-0.3, -0.25) is 4.98 Å². The fourth-order valence-corrected chi connectivity index (χ4v) is 7.34. The molecule has 2 aliphatic carbocycles. The van der Waals surface area contributed by atoms with E-state index in [1.54, 1.807) is 0 Å². The first-order chi connectivity index (χ1) is 20.4. The van der Waals surface area contributed by atoms with Crippen molar-refractivity contribution < 1.29 is 0 Å². The Morgan fingerprint density at radius 3 is 1.61 bits per heavy atom. The van der Waals surface area contributed by atoms with Gasteiger partial charge in [-0.05, 0) is 45.3 Å². The van der Waals surface area contributed by atoms with Gasteiger partial charge in [-0.15, -0.1) is 0 Å². The van der Waals surface area contributed by atoms with Crippen molar-refractivity contribution in [1.82, 2.24) is 9.97 Å². The summed E-state index contributed by atoms with van der Waals surface area (Å²) in [5.74, 6) is 0. The van der Waals surface area contributed by atoms with Gasteiger partial charge in [0.15, 0.2) is 0 Å². The van der Waals surface area contributed by atoms with Gasteiger partial charge in [0.2, 0.25) is 0 Å². The Morgan fingerprint density at radius 1 is 0.415 bits per heavy atom. The predicted octanol–water partition coefficient (Wildman–Crippen LogP) is 9.31. The van der Waals surface area contributed by atoms with Crippen molar-refractivity contribution in [3.63, 3.8) is 0 Å². The number of pyridine rings is 2. The summed E-state index contributed by atoms with van der Waals surface area (Å²) >= 11 is 0. The van der Waals surface area contributed by atoms with E-state index >= 15 is 0 Å². The summed E-state index contributed by atoms with van der Waals surface area (Å²) in [7, 11) is 0. The first kappa shape index (κ1) is 22.5. The van der Waals surface area contributed by atoms with E-state index < -0.39 is 5.41 Å². The van der Waals surface area contributed by atoms with Gasteiger partial charge in [-0.25, -0.2) is 4.98 Å². The summed E-state index contributed by atoms with van der Waals surface area (Å²) in [5.41, 5.74) is 14.0. The molecular formula is C39H24N2. The number of hydrogen-bond acceptors (Lipinski definition) is 2. The molecule has 5 aromatic carbocycles. The zero-order chi connectivity index (χ0) is 27.0. The van der Waals surface area contributed by atoms with Gasteiger partial charge in [0.25, 0.3) is 0 Å². The highest BCUT2D eigenvalue weighted by Crippen LogP contribution is 2.63. The lowest BCUT2D eigenvalue weighted by atomic mass is 9.69. The second-order valence-electron chi connectivity index (χ2n) is 10.9. The molecule has 7 aromatic rings. The van der Waals surface area contributed by atoms with Crippen molar-refractivity contribution in [2.45, 2.75) is 5.41 Å². The van der Waals surface area contributed by atoms with Crippen molar-refractivity contribution in [3.05, 3.63) is 168 Å². The highest BCUT2D eigenvalue weighted by Gasteiger charge is 2.53. The van der Waals surface area contributed by atoms with Crippen molar-refractivity contribution in [2.75, 3.05) is 0 Å². The molecular weight excluding hydrogens is 496 g/mol. The van der Waals surface area contributed by atoms with Crippen LogP contribution in [-0.4, -0.2) is 9.97 Å². The zero-order valence-electron chi connectivity index (χ0n) is 22.3. The van der Waals surface area contributed by atoms with Crippen LogP contribution in [0, 0.1) is 0 Å². The summed E-state index contributed by atoms with van der Waals surface area (Å²) in [5, 5.41) is 2.43. The molecule has 0 bridgehead atoms. The first-order valence-electron chi connectivity index (χ1n) is 14.1. The van der Waals surface area contributed by atoms with Crippen LogP contribution < -0.4 is 0 Å². The minimum absolute atomic E-state index is 0.410. The normalized spacial score (nSPS) is 13.6. The average molecular weight is 521 g/mol. The van der Waals surface area contributed by atoms with Crippen molar-refractivity contribution >= 4 is 10.8 Å². The van der Waals surface area contributed by atoms with Gasteiger partial charge in [0.05, 0.1) is 22.5 Å². The molecule has 0 saturated carbocycles. The van der Waals surface area contributed by atoms with Crippen LogP contribution in [0.1, 0.15) is 22.3 Å². The summed E-state index contributed by atoms with van der Waals surface area (Å²) < 4.78 is 0. The summed E-state index contributed by atoms with van der Waals surface area (Å²) in [4.78, 5) is 10.1. The highest BCUT2D eigenvalue weighted by molar-refractivity contribution is 6.06. The number of benzene rings is 5. The molecule has 0 radical (unpaired) electrons. The molecule has 190 valence electrons. The van der Waals surface area contributed by atoms with Crippen LogP contribution in [0.25, 0.3) is 55.7 Å². The Hall–Kier alpha value is -5.34. The summed E-state index contributed by atoms with van der Waals surface area (Å²) in [6, 6.07) is 50.3. The molecule has 2 aromatic heterocycles. The van der Waals surface area contributed by atoms with Crippen LogP contribution >= 0.6 is 0 Å². The van der Waals surface area contributed by atoms with Gasteiger partial charge in [-0.1, -0.05) is 127 Å². The van der Waals surface area contributed by atoms with Crippen molar-refractivity contribution in [3.8, 4) is 44.9 Å². The maximum Gasteiger partial charge on any atom is 0.0788 e. The third-order valence-corrected chi connectivity index (χ3v) is 8.94. The Morgan fingerprint density at radius 2 is 0.951 bits per heavy atom. The van der Waals surface area contributed by atoms with E-state index in [9.17, 15) is 0 Å². The quantitative estimate of drug-likeness (QED) is 0.227. The standard InChI is InChI=1S/C39H24N2/c1-2-14-30-29(13-1)36-38(41-37(30)26-22-20-25(21-23-26)35-19-9-10-24-40-35)31-15-5-8-18-34(31)39(36)32-16-6-3-11-27(32)28-12-4-7-17-33(28)39/h1-24H. The van der Waals surface area contributed by atoms with E-state index in [1.807, 2.05) is 24.4 Å². The lowest BCUT2D eigenvalue weighted by Crippen LogP contribution is -2.26. The smallest absolute Gasteiger partial charge is 0.0788 e. The average Bonchev–Trinajstić information content (AvgIpc) is 3.52. The minimum Gasteiger partial charge on any atom is -0.256 e. The van der Waals surface area contributed by atoms with Crippen LogP contribution in [0.5, 0.6) is 0 Å². The van der Waals surface area contributed by atoms with Gasteiger partial charge < -0.3 is 0 Å². The second-order valence-corrected chi connectivity index (χ2v) is 10.9. The molecule has 0 saturated heterocycles. The van der Waals surface area contributed by atoms with Gasteiger partial charge in [0, 0.05) is 33.8 Å². The zero-order valence-corrected chi connectivity index (χ0v) is 22.3. The summed E-state index contributed by atoms with van der Waals surface area (Å²) in [6.45, 7) is 0. The maximum absolute atomic E-state index is 5.54. The van der Waals surface area contributed by atoms with E-state index in [0.29, 0.717) is 0 Å². The molecule has 0 atom stereocenters. The SMILES string of the molecule is c1ccc(-c2ccc(-c3nc4c(c5ccccc35)C3(c5ccccc5-c5ccccc53)c3ccccc3-4)cc2)nc1. The van der Waals surface area contributed by atoms with Gasteiger partial charge in [0.1, 0.15) is 0 Å². The van der Waals surface area contributed by atoms with E-state index in [1.165, 1.54) is 49.7 Å². The molecule has 0 fully saturated rings. The van der Waals surface area contributed by atoms with Gasteiger partial charge >= 0.3 is 0 Å². The lowest BCUT2D eigenvalue weighted by Gasteiger charge is -2.31. The number of nitrogens with zero attached hydrogens (tertiary/aromatic N) is 2. The molecule has 41 heavy (non-hydrogen) atoms. The molecule has 9 rings (SSSR count). The molecule has 2 heteroatoms. The predicted molar refractivity (Wildman–Crippen MR) is 167 cm³/mol. The maximum atomic E-state index is 5.54. The van der Waals surface area contributed by atoms with Crippen LogP contribution in [0.4, 0.5) is 0 Å². The van der Waals surface area contributed by atoms with Crippen molar-refractivity contribution in [1.29, 1.82) is 0 Å². The Bertz CT molecular complexity index is 2100. The molecule has 1 spiro atoms. The fraction of sp³-hybridized carbons (Fsp3) is 0.0256. The molecule has 0 N–H and O–H groups in total. The molecule has 0 amide bonds. The first-order valence-corrected chi connectivity index (χ1v) is 14.1. The largest absolute Gasteiger partial charge is 0.256 e. The molecule has 0 unspecified atom stereocenters. The number of fused-ring (bicyclic) bond motifs is 12. The Labute approximate surface area is 238 Å². The van der Waals surface area contributed by atoms with Gasteiger partial charge in [-0.2, -0.15) is 0 Å². The van der Waals surface area contributed by atoms with Crippen LogP contribution in [0.2, 0.25) is 0 Å². The summed E-state index contributed by atoms with van der Waals surface area (Å²) in [6.07, 6.45) is 1.84. The number of aromatic nitrogens is 2. The van der Waals surface area contributed by atoms with Crippen LogP contribution in [0.15, 0.2) is 146 Å². The molecule has 0 aliphatic heterocycles. The van der Waals surface area contributed by atoms with E-state index in [2.05, 4.69) is 126 Å². The Kier molecular flexibility index (Phi) is 4.57. The molecule has 2 aliphatic rings. The van der Waals surface area contributed by atoms with E-state index in [4.69, 9.17) is 4.98 Å². The monoisotopic (exact) mass is 520 g/mol. The van der Waals surface area contributed by atoms with E-state index in [0.717, 1.165) is 28.2 Å². The number of hydrogen-bond donors (Lipinski definition) is 0. The van der Waals surface area contributed by atoms with E-state index in [-0.39, 0.29) is 0 Å². The highest BCUT2D eigenvalue weighted by atomic mass is 14.8. The molecule has 2 nitrogen and oxygen atoms in total. The Balaban J connectivity index is 1.37. The third-order valence-electron chi connectivity index (χ3n) is 8.94. The molecule has 2 heterocycles. The fourth-order valence-electron chi connectivity index (χ4n) is 7.34. The number of rotatable bonds is 2. The van der Waals surface area contributed by atoms with Crippen molar-refractivity contribution in [2.24, 2.45) is 0 Å². The third kappa shape index (κ3) is 2.91. The lowest BCUT2D eigenvalue weighted by molar-refractivity contribution is 0.799. The topological polar surface area (TPSA) is 25.8 Å². The minimum atomic E-state index is -0.410.